The molecule has 3 rings (SSSR count). The molecule has 0 atom stereocenters. The molecule has 0 aromatic carbocycles. The SMILES string of the molecule is Cc1cc(C(=O)Cn2cc(S(=O)(=O)N(C)C)ccc2=O)c(C)n1Cc1ccco1. The van der Waals surface area contributed by atoms with E-state index in [-0.39, 0.29) is 17.2 Å². The van der Waals surface area contributed by atoms with Crippen LogP contribution in [0.4, 0.5) is 0 Å². The number of carbonyl (C=O) groups is 1. The van der Waals surface area contributed by atoms with E-state index in [2.05, 4.69) is 0 Å². The van der Waals surface area contributed by atoms with Crippen LogP contribution in [-0.2, 0) is 23.1 Å². The van der Waals surface area contributed by atoms with E-state index in [0.29, 0.717) is 12.1 Å². The van der Waals surface area contributed by atoms with Crippen molar-refractivity contribution in [1.82, 2.24) is 13.4 Å². The number of furan rings is 1. The molecule has 0 radical (unpaired) electrons. The van der Waals surface area contributed by atoms with Crippen molar-refractivity contribution in [3.63, 3.8) is 0 Å². The first-order valence-corrected chi connectivity index (χ1v) is 10.4. The molecule has 0 spiro atoms. The Kier molecular flexibility index (Phi) is 5.63. The molecule has 3 heterocycles. The first kappa shape index (κ1) is 20.8. The summed E-state index contributed by atoms with van der Waals surface area (Å²) in [5.74, 6) is 0.494. The van der Waals surface area contributed by atoms with E-state index < -0.39 is 15.6 Å². The third kappa shape index (κ3) is 4.10. The molecular formula is C20H23N3O5S. The van der Waals surface area contributed by atoms with Gasteiger partial charge in [-0.15, -0.1) is 0 Å². The standard InChI is InChI=1S/C20H23N3O5S/c1-14-10-18(15(2)23(14)11-16-6-5-9-28-16)19(24)13-22-12-17(7-8-20(22)25)29(26,27)21(3)4/h5-10,12H,11,13H2,1-4H3. The van der Waals surface area contributed by atoms with Crippen molar-refractivity contribution in [3.05, 3.63) is 75.9 Å². The zero-order valence-corrected chi connectivity index (χ0v) is 17.6. The van der Waals surface area contributed by atoms with Gasteiger partial charge in [0.05, 0.1) is 24.2 Å². The monoisotopic (exact) mass is 417 g/mol. The van der Waals surface area contributed by atoms with Gasteiger partial charge >= 0.3 is 0 Å². The van der Waals surface area contributed by atoms with Crippen LogP contribution in [0.5, 0.6) is 0 Å². The van der Waals surface area contributed by atoms with Crippen LogP contribution in [0.1, 0.15) is 27.5 Å². The second kappa shape index (κ2) is 7.84. The van der Waals surface area contributed by atoms with Crippen LogP contribution in [0, 0.1) is 13.8 Å². The Morgan fingerprint density at radius 3 is 2.52 bits per heavy atom. The van der Waals surface area contributed by atoms with Crippen LogP contribution in [0.2, 0.25) is 0 Å². The number of Topliss-reactive ketones (excluding diaryl/α,β-unsaturated/α-hetero) is 1. The Hall–Kier alpha value is -2.91. The average molecular weight is 417 g/mol. The van der Waals surface area contributed by atoms with Crippen molar-refractivity contribution < 1.29 is 17.6 Å². The van der Waals surface area contributed by atoms with Gasteiger partial charge < -0.3 is 13.6 Å². The molecular weight excluding hydrogens is 394 g/mol. The number of ketones is 1. The molecule has 154 valence electrons. The fourth-order valence-corrected chi connectivity index (χ4v) is 4.04. The van der Waals surface area contributed by atoms with Gasteiger partial charge in [-0.3, -0.25) is 9.59 Å². The molecule has 0 saturated carbocycles. The van der Waals surface area contributed by atoms with Crippen molar-refractivity contribution in [1.29, 1.82) is 0 Å². The Bertz CT molecular complexity index is 1200. The smallest absolute Gasteiger partial charge is 0.251 e. The minimum atomic E-state index is -3.71. The van der Waals surface area contributed by atoms with Crippen LogP contribution in [0.15, 0.2) is 56.9 Å². The number of hydrogen-bond acceptors (Lipinski definition) is 5. The lowest BCUT2D eigenvalue weighted by atomic mass is 10.1. The molecule has 0 fully saturated rings. The molecule has 0 amide bonds. The topological polar surface area (TPSA) is 94.5 Å². The van der Waals surface area contributed by atoms with E-state index in [1.165, 1.54) is 26.4 Å². The van der Waals surface area contributed by atoms with Crippen molar-refractivity contribution >= 4 is 15.8 Å². The summed E-state index contributed by atoms with van der Waals surface area (Å²) in [6, 6.07) is 7.83. The van der Waals surface area contributed by atoms with Crippen LogP contribution < -0.4 is 5.56 Å². The van der Waals surface area contributed by atoms with Crippen LogP contribution in [0.3, 0.4) is 0 Å². The van der Waals surface area contributed by atoms with Gasteiger partial charge in [0.2, 0.25) is 10.0 Å². The van der Waals surface area contributed by atoms with E-state index >= 15 is 0 Å². The third-order valence-electron chi connectivity index (χ3n) is 4.82. The van der Waals surface area contributed by atoms with Gasteiger partial charge in [-0.2, -0.15) is 0 Å². The summed E-state index contributed by atoms with van der Waals surface area (Å²) in [5, 5.41) is 0. The third-order valence-corrected chi connectivity index (χ3v) is 6.62. The van der Waals surface area contributed by atoms with Gasteiger partial charge in [-0.25, -0.2) is 12.7 Å². The van der Waals surface area contributed by atoms with E-state index in [1.807, 2.05) is 24.5 Å². The second-order valence-corrected chi connectivity index (χ2v) is 9.14. The highest BCUT2D eigenvalue weighted by molar-refractivity contribution is 7.89. The summed E-state index contributed by atoms with van der Waals surface area (Å²) in [5.41, 5.74) is 1.69. The molecule has 0 aliphatic rings. The van der Waals surface area contributed by atoms with E-state index in [1.54, 1.807) is 18.4 Å². The lowest BCUT2D eigenvalue weighted by Crippen LogP contribution is -2.27. The molecule has 8 nitrogen and oxygen atoms in total. The van der Waals surface area contributed by atoms with Crippen molar-refractivity contribution in [2.24, 2.45) is 0 Å². The maximum absolute atomic E-state index is 12.9. The van der Waals surface area contributed by atoms with Crippen molar-refractivity contribution in [3.8, 4) is 0 Å². The second-order valence-electron chi connectivity index (χ2n) is 6.99. The van der Waals surface area contributed by atoms with Gasteiger partial charge in [0.1, 0.15) is 5.76 Å². The predicted octanol–water partition coefficient (Wildman–Crippen LogP) is 2.04. The average Bonchev–Trinajstić information content (AvgIpc) is 3.27. The fourth-order valence-electron chi connectivity index (χ4n) is 3.12. The molecule has 3 aromatic rings. The highest BCUT2D eigenvalue weighted by Gasteiger charge is 2.20. The van der Waals surface area contributed by atoms with Gasteiger partial charge in [-0.05, 0) is 38.1 Å². The summed E-state index contributed by atoms with van der Waals surface area (Å²) in [6.45, 7) is 3.97. The van der Waals surface area contributed by atoms with Gasteiger partial charge in [-0.1, -0.05) is 0 Å². The van der Waals surface area contributed by atoms with E-state index in [4.69, 9.17) is 4.42 Å². The molecule has 0 aliphatic carbocycles. The molecule has 0 unspecified atom stereocenters. The summed E-state index contributed by atoms with van der Waals surface area (Å²) in [4.78, 5) is 25.0. The lowest BCUT2D eigenvalue weighted by molar-refractivity contribution is 0.0969. The molecule has 0 bridgehead atoms. The zero-order valence-electron chi connectivity index (χ0n) is 16.7. The quantitative estimate of drug-likeness (QED) is 0.549. The molecule has 0 N–H and O–H groups in total. The van der Waals surface area contributed by atoms with E-state index in [0.717, 1.165) is 32.1 Å². The Balaban J connectivity index is 1.91. The number of aryl methyl sites for hydroxylation is 1. The Labute approximate surface area is 169 Å². The molecule has 3 aromatic heterocycles. The lowest BCUT2D eigenvalue weighted by Gasteiger charge is -2.13. The number of sulfonamides is 1. The molecule has 29 heavy (non-hydrogen) atoms. The summed E-state index contributed by atoms with van der Waals surface area (Å²) in [6.07, 6.45) is 2.80. The summed E-state index contributed by atoms with van der Waals surface area (Å²) in [7, 11) is -0.896. The van der Waals surface area contributed by atoms with Gasteiger partial charge in [0.25, 0.3) is 5.56 Å². The minimum Gasteiger partial charge on any atom is -0.467 e. The number of carbonyl (C=O) groups excluding carboxylic acids is 1. The fraction of sp³-hybridized carbons (Fsp3) is 0.300. The maximum Gasteiger partial charge on any atom is 0.251 e. The van der Waals surface area contributed by atoms with E-state index in [9.17, 15) is 18.0 Å². The van der Waals surface area contributed by atoms with Crippen molar-refractivity contribution in [2.75, 3.05) is 14.1 Å². The highest BCUT2D eigenvalue weighted by Crippen LogP contribution is 2.19. The molecule has 0 saturated heterocycles. The number of aromatic nitrogens is 2. The van der Waals surface area contributed by atoms with Crippen molar-refractivity contribution in [2.45, 2.75) is 31.8 Å². The minimum absolute atomic E-state index is 0.0433. The first-order valence-electron chi connectivity index (χ1n) is 8.96. The molecule has 0 aliphatic heterocycles. The number of pyridine rings is 1. The molecule has 9 heteroatoms. The van der Waals surface area contributed by atoms with Crippen LogP contribution >= 0.6 is 0 Å². The summed E-state index contributed by atoms with van der Waals surface area (Å²) < 4.78 is 34.2. The summed E-state index contributed by atoms with van der Waals surface area (Å²) >= 11 is 0. The van der Waals surface area contributed by atoms with Gasteiger partial charge in [0, 0.05) is 43.3 Å². The Morgan fingerprint density at radius 1 is 1.17 bits per heavy atom. The Morgan fingerprint density at radius 2 is 1.90 bits per heavy atom. The number of rotatable bonds is 7. The van der Waals surface area contributed by atoms with Crippen LogP contribution in [0.25, 0.3) is 0 Å². The maximum atomic E-state index is 12.9. The number of hydrogen-bond donors (Lipinski definition) is 0. The largest absolute Gasteiger partial charge is 0.467 e. The normalized spacial score (nSPS) is 11.9. The zero-order chi connectivity index (χ0) is 21.3. The number of nitrogens with zero attached hydrogens (tertiary/aromatic N) is 3. The highest BCUT2D eigenvalue weighted by atomic mass is 32.2. The predicted molar refractivity (Wildman–Crippen MR) is 108 cm³/mol. The van der Waals surface area contributed by atoms with Gasteiger partial charge in [0.15, 0.2) is 5.78 Å². The van der Waals surface area contributed by atoms with Crippen LogP contribution in [-0.4, -0.2) is 41.7 Å². The first-order chi connectivity index (χ1) is 13.6.